The zero-order valence-corrected chi connectivity index (χ0v) is 16.0. The topological polar surface area (TPSA) is 96.3 Å². The number of aromatic amines is 1. The average Bonchev–Trinajstić information content (AvgIpc) is 3.03. The second-order valence-electron chi connectivity index (χ2n) is 6.37. The Labute approximate surface area is 158 Å². The van der Waals surface area contributed by atoms with Gasteiger partial charge in [-0.15, -0.1) is 0 Å². The first-order valence-corrected chi connectivity index (χ1v) is 9.84. The van der Waals surface area contributed by atoms with E-state index in [1.807, 2.05) is 43.5 Å². The van der Waals surface area contributed by atoms with Crippen LogP contribution in [0, 0.1) is 6.92 Å². The summed E-state index contributed by atoms with van der Waals surface area (Å²) in [7, 11) is -2.08. The molecule has 2 aromatic carbocycles. The lowest BCUT2D eigenvalue weighted by atomic mass is 9.96. The van der Waals surface area contributed by atoms with Gasteiger partial charge in [0.1, 0.15) is 0 Å². The standard InChI is InChI=1S/C20H21N3O3S/c1-4-27(25,26)23(3)16-7-5-6-14(10-16)17-9-8-15(11-18(21)24)20-19(17)13(2)12-22-20/h4-10,12,22H,1,11H2,2-3H3,(H2,21,24). The van der Waals surface area contributed by atoms with Gasteiger partial charge in [-0.25, -0.2) is 8.42 Å². The quantitative estimate of drug-likeness (QED) is 0.684. The van der Waals surface area contributed by atoms with Crippen LogP contribution in [0.1, 0.15) is 11.1 Å². The maximum absolute atomic E-state index is 12.1. The Kier molecular flexibility index (Phi) is 4.80. The summed E-state index contributed by atoms with van der Waals surface area (Å²) in [6.07, 6.45) is 2.04. The van der Waals surface area contributed by atoms with Crippen LogP contribution in [0.25, 0.3) is 22.0 Å². The monoisotopic (exact) mass is 383 g/mol. The van der Waals surface area contributed by atoms with Crippen LogP contribution in [0.3, 0.4) is 0 Å². The van der Waals surface area contributed by atoms with Crippen LogP contribution in [0.5, 0.6) is 0 Å². The minimum absolute atomic E-state index is 0.150. The van der Waals surface area contributed by atoms with Gasteiger partial charge in [-0.1, -0.05) is 30.8 Å². The number of hydrogen-bond donors (Lipinski definition) is 2. The summed E-state index contributed by atoms with van der Waals surface area (Å²) in [6, 6.07) is 11.1. The molecule has 0 radical (unpaired) electrons. The molecule has 1 aromatic heterocycles. The smallest absolute Gasteiger partial charge is 0.256 e. The fourth-order valence-corrected chi connectivity index (χ4v) is 3.81. The number of aromatic nitrogens is 1. The Morgan fingerprint density at radius 1 is 1.30 bits per heavy atom. The number of carbonyl (C=O) groups is 1. The third kappa shape index (κ3) is 3.46. The van der Waals surface area contributed by atoms with Crippen molar-refractivity contribution in [1.82, 2.24) is 4.98 Å². The van der Waals surface area contributed by atoms with E-state index >= 15 is 0 Å². The van der Waals surface area contributed by atoms with Crippen LogP contribution in [-0.4, -0.2) is 26.4 Å². The maximum atomic E-state index is 12.1. The van der Waals surface area contributed by atoms with Crippen molar-refractivity contribution in [3.63, 3.8) is 0 Å². The number of hydrogen-bond acceptors (Lipinski definition) is 3. The lowest BCUT2D eigenvalue weighted by Gasteiger charge is -2.18. The van der Waals surface area contributed by atoms with E-state index in [1.165, 1.54) is 11.4 Å². The predicted molar refractivity (Wildman–Crippen MR) is 109 cm³/mol. The second-order valence-corrected chi connectivity index (χ2v) is 8.28. The number of nitrogens with zero attached hydrogens (tertiary/aromatic N) is 1. The Morgan fingerprint density at radius 2 is 2.04 bits per heavy atom. The van der Waals surface area contributed by atoms with E-state index in [4.69, 9.17) is 5.73 Å². The molecule has 3 rings (SSSR count). The van der Waals surface area contributed by atoms with Crippen LogP contribution in [-0.2, 0) is 21.2 Å². The normalized spacial score (nSPS) is 11.5. The molecule has 140 valence electrons. The molecule has 27 heavy (non-hydrogen) atoms. The van der Waals surface area contributed by atoms with E-state index in [0.717, 1.165) is 38.6 Å². The fourth-order valence-electron chi connectivity index (χ4n) is 3.18. The molecule has 3 N–H and O–H groups in total. The summed E-state index contributed by atoms with van der Waals surface area (Å²) in [5.41, 5.74) is 10.4. The van der Waals surface area contributed by atoms with Gasteiger partial charge in [-0.3, -0.25) is 9.10 Å². The van der Waals surface area contributed by atoms with E-state index in [-0.39, 0.29) is 6.42 Å². The molecule has 0 saturated heterocycles. The summed E-state index contributed by atoms with van der Waals surface area (Å²) in [5, 5.41) is 1.91. The molecular formula is C20H21N3O3S. The van der Waals surface area contributed by atoms with Gasteiger partial charge in [0.05, 0.1) is 17.6 Å². The maximum Gasteiger partial charge on any atom is 0.256 e. The van der Waals surface area contributed by atoms with E-state index < -0.39 is 15.9 Å². The molecule has 0 spiro atoms. The number of amides is 1. The summed E-state index contributed by atoms with van der Waals surface area (Å²) in [4.78, 5) is 14.6. The number of rotatable bonds is 6. The van der Waals surface area contributed by atoms with Gasteiger partial charge in [-0.2, -0.15) is 0 Å². The molecule has 0 saturated carbocycles. The third-order valence-corrected chi connectivity index (χ3v) is 5.99. The Morgan fingerprint density at radius 3 is 2.70 bits per heavy atom. The van der Waals surface area contributed by atoms with Gasteiger partial charge in [0, 0.05) is 24.0 Å². The largest absolute Gasteiger partial charge is 0.369 e. The minimum Gasteiger partial charge on any atom is -0.369 e. The number of nitrogens with one attached hydrogen (secondary N) is 1. The lowest BCUT2D eigenvalue weighted by Crippen LogP contribution is -2.23. The van der Waals surface area contributed by atoms with Gasteiger partial charge in [0.25, 0.3) is 10.0 Å². The lowest BCUT2D eigenvalue weighted by molar-refractivity contribution is -0.117. The van der Waals surface area contributed by atoms with Crippen LogP contribution in [0.15, 0.2) is 54.6 Å². The molecule has 0 aliphatic heterocycles. The van der Waals surface area contributed by atoms with Crippen molar-refractivity contribution in [1.29, 1.82) is 0 Å². The van der Waals surface area contributed by atoms with Gasteiger partial charge < -0.3 is 10.7 Å². The SMILES string of the molecule is C=CS(=O)(=O)N(C)c1cccc(-c2ccc(CC(N)=O)c3[nH]cc(C)c23)c1. The van der Waals surface area contributed by atoms with Crippen molar-refractivity contribution in [2.24, 2.45) is 5.73 Å². The van der Waals surface area contributed by atoms with E-state index in [9.17, 15) is 13.2 Å². The summed E-state index contributed by atoms with van der Waals surface area (Å²) in [5.74, 6) is -0.394. The Balaban J connectivity index is 2.17. The molecule has 0 unspecified atom stereocenters. The first-order valence-electron chi connectivity index (χ1n) is 8.34. The van der Waals surface area contributed by atoms with Crippen LogP contribution in [0.2, 0.25) is 0 Å². The number of benzene rings is 2. The predicted octanol–water partition coefficient (Wildman–Crippen LogP) is 3.08. The van der Waals surface area contributed by atoms with E-state index in [1.54, 1.807) is 6.07 Å². The van der Waals surface area contributed by atoms with Crippen molar-refractivity contribution >= 4 is 32.5 Å². The highest BCUT2D eigenvalue weighted by Crippen LogP contribution is 2.34. The Hall–Kier alpha value is -3.06. The van der Waals surface area contributed by atoms with Crippen molar-refractivity contribution in [3.8, 4) is 11.1 Å². The summed E-state index contributed by atoms with van der Waals surface area (Å²) in [6.45, 7) is 5.35. The number of sulfonamides is 1. The van der Waals surface area contributed by atoms with Crippen LogP contribution >= 0.6 is 0 Å². The summed E-state index contributed by atoms with van der Waals surface area (Å²) < 4.78 is 25.3. The molecular weight excluding hydrogens is 362 g/mol. The van der Waals surface area contributed by atoms with E-state index in [2.05, 4.69) is 11.6 Å². The summed E-state index contributed by atoms with van der Waals surface area (Å²) >= 11 is 0. The molecule has 3 aromatic rings. The molecule has 7 heteroatoms. The van der Waals surface area contributed by atoms with Gasteiger partial charge >= 0.3 is 0 Å². The number of primary amides is 1. The molecule has 0 atom stereocenters. The number of aryl methyl sites for hydroxylation is 1. The van der Waals surface area contributed by atoms with Crippen LogP contribution < -0.4 is 10.0 Å². The first kappa shape index (κ1) is 18.7. The molecule has 0 bridgehead atoms. The third-order valence-electron chi connectivity index (χ3n) is 4.60. The zero-order chi connectivity index (χ0) is 19.8. The zero-order valence-electron chi connectivity index (χ0n) is 15.2. The van der Waals surface area contributed by atoms with Crippen LogP contribution in [0.4, 0.5) is 5.69 Å². The number of carbonyl (C=O) groups excluding carboxylic acids is 1. The molecule has 1 heterocycles. The average molecular weight is 383 g/mol. The van der Waals surface area contributed by atoms with Crippen molar-refractivity contribution in [2.45, 2.75) is 13.3 Å². The number of anilines is 1. The number of H-pyrrole nitrogens is 1. The van der Waals surface area contributed by atoms with Crippen molar-refractivity contribution < 1.29 is 13.2 Å². The van der Waals surface area contributed by atoms with Gasteiger partial charge in [0.2, 0.25) is 5.91 Å². The first-order chi connectivity index (χ1) is 12.7. The fraction of sp³-hybridized carbons (Fsp3) is 0.150. The number of nitrogens with two attached hydrogens (primary N) is 1. The number of fused-ring (bicyclic) bond motifs is 1. The highest BCUT2D eigenvalue weighted by atomic mass is 32.2. The molecule has 0 aliphatic rings. The second kappa shape index (κ2) is 6.92. The molecule has 0 aliphatic carbocycles. The molecule has 0 fully saturated rings. The Bertz CT molecular complexity index is 1150. The van der Waals surface area contributed by atoms with Crippen molar-refractivity contribution in [3.05, 3.63) is 65.7 Å². The van der Waals surface area contributed by atoms with Gasteiger partial charge in [0.15, 0.2) is 0 Å². The molecule has 6 nitrogen and oxygen atoms in total. The van der Waals surface area contributed by atoms with E-state index in [0.29, 0.717) is 5.69 Å². The van der Waals surface area contributed by atoms with Gasteiger partial charge in [-0.05, 0) is 41.3 Å². The minimum atomic E-state index is -3.57. The highest BCUT2D eigenvalue weighted by molar-refractivity contribution is 7.95. The molecule has 1 amide bonds. The highest BCUT2D eigenvalue weighted by Gasteiger charge is 2.17. The van der Waals surface area contributed by atoms with Crippen molar-refractivity contribution in [2.75, 3.05) is 11.4 Å².